The van der Waals surface area contributed by atoms with Gasteiger partial charge in [-0.1, -0.05) is 0 Å². The molecule has 7 nitrogen and oxygen atoms in total. The monoisotopic (exact) mass is 288 g/mol. The molecular formula is C14H12N2O5. The van der Waals surface area contributed by atoms with Crippen LogP contribution in [0, 0.1) is 10.1 Å². The second-order valence-electron chi connectivity index (χ2n) is 4.06. The van der Waals surface area contributed by atoms with Crippen molar-refractivity contribution in [2.75, 3.05) is 7.11 Å². The topological polar surface area (TPSA) is 91.6 Å². The van der Waals surface area contributed by atoms with Crippen molar-refractivity contribution in [2.45, 2.75) is 6.61 Å². The summed E-state index contributed by atoms with van der Waals surface area (Å²) in [5, 5.41) is 10.8. The highest BCUT2D eigenvalue weighted by Crippen LogP contribution is 2.26. The fraction of sp³-hybridized carbons (Fsp3) is 0.143. The van der Waals surface area contributed by atoms with E-state index in [1.54, 1.807) is 24.3 Å². The molecule has 0 aliphatic rings. The number of carbonyl (C=O) groups excluding carboxylic acids is 1. The Morgan fingerprint density at radius 1 is 1.33 bits per heavy atom. The van der Waals surface area contributed by atoms with Gasteiger partial charge < -0.3 is 19.6 Å². The van der Waals surface area contributed by atoms with Gasteiger partial charge in [-0.05, 0) is 40.2 Å². The molecule has 0 bridgehead atoms. The average molecular weight is 288 g/mol. The van der Waals surface area contributed by atoms with Crippen molar-refractivity contribution < 1.29 is 19.2 Å². The highest BCUT2D eigenvalue weighted by molar-refractivity contribution is 5.75. The van der Waals surface area contributed by atoms with Gasteiger partial charge in [-0.3, -0.25) is 4.79 Å². The van der Waals surface area contributed by atoms with Crippen LogP contribution in [-0.4, -0.2) is 23.3 Å². The first-order valence-electron chi connectivity index (χ1n) is 6.00. The van der Waals surface area contributed by atoms with Crippen molar-refractivity contribution in [2.24, 2.45) is 0 Å². The number of aldehydes is 1. The fourth-order valence-electron chi connectivity index (χ4n) is 1.77. The maximum Gasteiger partial charge on any atom is 0.406 e. The maximum absolute atomic E-state index is 10.8. The second kappa shape index (κ2) is 6.47. The molecule has 2 rings (SSSR count). The minimum Gasteiger partial charge on any atom is -0.496 e. The molecule has 0 unspecified atom stereocenters. The van der Waals surface area contributed by atoms with Crippen LogP contribution in [-0.2, 0) is 6.61 Å². The number of methoxy groups -OCH3 is 1. The van der Waals surface area contributed by atoms with E-state index < -0.39 is 4.92 Å². The van der Waals surface area contributed by atoms with Crippen LogP contribution in [0.1, 0.15) is 15.9 Å². The predicted molar refractivity (Wildman–Crippen MR) is 73.6 cm³/mol. The Kier molecular flexibility index (Phi) is 4.45. The van der Waals surface area contributed by atoms with Crippen LogP contribution in [0.15, 0.2) is 36.5 Å². The van der Waals surface area contributed by atoms with Gasteiger partial charge in [0.15, 0.2) is 0 Å². The molecule has 108 valence electrons. The molecule has 2 aromatic rings. The predicted octanol–water partition coefficient (Wildman–Crippen LogP) is 2.39. The third-order valence-electron chi connectivity index (χ3n) is 2.75. The van der Waals surface area contributed by atoms with Crippen LogP contribution >= 0.6 is 0 Å². The molecule has 0 spiro atoms. The van der Waals surface area contributed by atoms with Crippen molar-refractivity contribution >= 4 is 12.1 Å². The normalized spacial score (nSPS) is 9.95. The summed E-state index contributed by atoms with van der Waals surface area (Å²) in [5.74, 6) is 0.233. The number of hydrogen-bond donors (Lipinski definition) is 0. The quantitative estimate of drug-likeness (QED) is 0.460. The van der Waals surface area contributed by atoms with Gasteiger partial charge in [-0.15, -0.1) is 0 Å². The minimum absolute atomic E-state index is 0.0252. The summed E-state index contributed by atoms with van der Waals surface area (Å²) in [4.78, 5) is 24.7. The molecule has 0 atom stereocenters. The van der Waals surface area contributed by atoms with Gasteiger partial charge >= 0.3 is 5.82 Å². The maximum atomic E-state index is 10.8. The van der Waals surface area contributed by atoms with E-state index in [4.69, 9.17) is 9.47 Å². The first kappa shape index (κ1) is 14.4. The Morgan fingerprint density at radius 2 is 2.14 bits per heavy atom. The van der Waals surface area contributed by atoms with E-state index in [0.29, 0.717) is 23.2 Å². The van der Waals surface area contributed by atoms with Crippen LogP contribution < -0.4 is 9.47 Å². The zero-order chi connectivity index (χ0) is 15.2. The molecule has 0 saturated heterocycles. The molecule has 0 amide bonds. The summed E-state index contributed by atoms with van der Waals surface area (Å²) in [6.45, 7) is 0.0252. The molecule has 1 heterocycles. The molecule has 0 saturated carbocycles. The second-order valence-corrected chi connectivity index (χ2v) is 4.06. The molecule has 21 heavy (non-hydrogen) atoms. The number of benzene rings is 1. The number of hydrogen-bond acceptors (Lipinski definition) is 6. The summed E-state index contributed by atoms with van der Waals surface area (Å²) < 4.78 is 10.6. The first-order chi connectivity index (χ1) is 10.2. The van der Waals surface area contributed by atoms with Gasteiger partial charge in [0.1, 0.15) is 24.8 Å². The average Bonchev–Trinajstić information content (AvgIpc) is 2.52. The van der Waals surface area contributed by atoms with Crippen molar-refractivity contribution in [3.63, 3.8) is 0 Å². The van der Waals surface area contributed by atoms with Crippen LogP contribution in [0.3, 0.4) is 0 Å². The van der Waals surface area contributed by atoms with Crippen LogP contribution in [0.2, 0.25) is 0 Å². The van der Waals surface area contributed by atoms with E-state index in [1.165, 1.54) is 19.4 Å². The number of pyridine rings is 1. The fourth-order valence-corrected chi connectivity index (χ4v) is 1.77. The Morgan fingerprint density at radius 3 is 2.81 bits per heavy atom. The Bertz CT molecular complexity index is 672. The van der Waals surface area contributed by atoms with Crippen molar-refractivity contribution in [1.82, 2.24) is 4.98 Å². The third kappa shape index (κ3) is 3.33. The van der Waals surface area contributed by atoms with Gasteiger partial charge in [0.25, 0.3) is 0 Å². The molecule has 0 radical (unpaired) electrons. The molecule has 0 aliphatic carbocycles. The molecular weight excluding hydrogens is 276 g/mol. The Labute approximate surface area is 120 Å². The lowest BCUT2D eigenvalue weighted by Gasteiger charge is -2.10. The first-order valence-corrected chi connectivity index (χ1v) is 6.00. The summed E-state index contributed by atoms with van der Waals surface area (Å²) >= 11 is 0. The Balaban J connectivity index is 2.24. The van der Waals surface area contributed by atoms with E-state index in [0.717, 1.165) is 0 Å². The lowest BCUT2D eigenvalue weighted by atomic mass is 10.1. The smallest absolute Gasteiger partial charge is 0.406 e. The van der Waals surface area contributed by atoms with Crippen LogP contribution in [0.5, 0.6) is 11.5 Å². The van der Waals surface area contributed by atoms with Gasteiger partial charge in [0.05, 0.1) is 7.11 Å². The number of ether oxygens (including phenoxy) is 2. The van der Waals surface area contributed by atoms with Gasteiger partial charge in [0.2, 0.25) is 5.75 Å². The number of nitrogens with zero attached hydrogens (tertiary/aromatic N) is 2. The van der Waals surface area contributed by atoms with E-state index in [1.807, 2.05) is 0 Å². The lowest BCUT2D eigenvalue weighted by Crippen LogP contribution is -2.02. The third-order valence-corrected chi connectivity index (χ3v) is 2.75. The molecule has 0 aliphatic heterocycles. The molecule has 0 fully saturated rings. The number of carbonyl (C=O) groups is 1. The van der Waals surface area contributed by atoms with E-state index in [2.05, 4.69) is 4.98 Å². The van der Waals surface area contributed by atoms with Gasteiger partial charge in [-0.2, -0.15) is 0 Å². The minimum atomic E-state index is -0.617. The van der Waals surface area contributed by atoms with Crippen LogP contribution in [0.25, 0.3) is 0 Å². The largest absolute Gasteiger partial charge is 0.496 e. The summed E-state index contributed by atoms with van der Waals surface area (Å²) in [7, 11) is 1.49. The van der Waals surface area contributed by atoms with E-state index in [-0.39, 0.29) is 18.2 Å². The van der Waals surface area contributed by atoms with Crippen molar-refractivity contribution in [3.05, 3.63) is 57.8 Å². The molecule has 1 aromatic heterocycles. The van der Waals surface area contributed by atoms with Crippen molar-refractivity contribution in [1.29, 1.82) is 0 Å². The highest BCUT2D eigenvalue weighted by Gasteiger charge is 2.16. The number of nitro groups is 1. The summed E-state index contributed by atoms with van der Waals surface area (Å²) in [5.41, 5.74) is 1.08. The molecule has 0 N–H and O–H groups in total. The van der Waals surface area contributed by atoms with Crippen molar-refractivity contribution in [3.8, 4) is 11.5 Å². The van der Waals surface area contributed by atoms with Gasteiger partial charge in [-0.25, -0.2) is 0 Å². The van der Waals surface area contributed by atoms with Crippen LogP contribution in [0.4, 0.5) is 5.82 Å². The van der Waals surface area contributed by atoms with Gasteiger partial charge in [0, 0.05) is 11.1 Å². The number of aromatic nitrogens is 1. The van der Waals surface area contributed by atoms with E-state index in [9.17, 15) is 14.9 Å². The zero-order valence-electron chi connectivity index (χ0n) is 11.2. The number of rotatable bonds is 6. The SMILES string of the molecule is COc1ccc(C=O)cc1COc1cccnc1[N+](=O)[O-]. The summed E-state index contributed by atoms with van der Waals surface area (Å²) in [6.07, 6.45) is 2.02. The zero-order valence-corrected chi connectivity index (χ0v) is 11.2. The molecule has 1 aromatic carbocycles. The highest BCUT2D eigenvalue weighted by atomic mass is 16.6. The Hall–Kier alpha value is -2.96. The van der Waals surface area contributed by atoms with E-state index >= 15 is 0 Å². The molecule has 7 heteroatoms. The standard InChI is InChI=1S/C14H12N2O5/c1-20-12-5-4-10(8-17)7-11(12)9-21-13-3-2-6-15-14(13)16(18)19/h2-8H,9H2,1H3. The lowest BCUT2D eigenvalue weighted by molar-refractivity contribution is -0.390. The summed E-state index contributed by atoms with van der Waals surface area (Å²) in [6, 6.07) is 7.86.